The topological polar surface area (TPSA) is 59.8 Å². The maximum atomic E-state index is 12.1. The van der Waals surface area contributed by atoms with E-state index in [1.165, 1.54) is 4.57 Å². The first-order valence-corrected chi connectivity index (χ1v) is 6.89. The van der Waals surface area contributed by atoms with Crippen LogP contribution < -0.4 is 11.0 Å². The van der Waals surface area contributed by atoms with Crippen molar-refractivity contribution in [3.8, 4) is 5.69 Å². The van der Waals surface area contributed by atoms with Crippen molar-refractivity contribution < 1.29 is 0 Å². The average Bonchev–Trinajstić information content (AvgIpc) is 2.41. The summed E-state index contributed by atoms with van der Waals surface area (Å²) in [6.45, 7) is 6.84. The monoisotopic (exact) mass is 272 g/mol. The summed E-state index contributed by atoms with van der Waals surface area (Å²) in [4.78, 5) is 20.3. The van der Waals surface area contributed by atoms with Gasteiger partial charge in [0.15, 0.2) is 0 Å². The lowest BCUT2D eigenvalue weighted by molar-refractivity contribution is 0.805. The summed E-state index contributed by atoms with van der Waals surface area (Å²) in [6, 6.07) is 5.92. The molecule has 5 nitrogen and oxygen atoms in total. The molecule has 0 bridgehead atoms. The van der Waals surface area contributed by atoms with Gasteiger partial charge in [-0.25, -0.2) is 9.78 Å². The summed E-state index contributed by atoms with van der Waals surface area (Å²) >= 11 is 0. The summed E-state index contributed by atoms with van der Waals surface area (Å²) in [6.07, 6.45) is 3.66. The molecule has 5 heteroatoms. The Morgan fingerprint density at radius 3 is 2.55 bits per heavy atom. The SMILES string of the molecule is CCCCNc1ncn(-c2c(C)cccc2C)c(=O)n1. The van der Waals surface area contributed by atoms with E-state index in [1.807, 2.05) is 32.0 Å². The van der Waals surface area contributed by atoms with Crippen LogP contribution in [0.3, 0.4) is 0 Å². The van der Waals surface area contributed by atoms with Crippen molar-refractivity contribution in [2.45, 2.75) is 33.6 Å². The Morgan fingerprint density at radius 1 is 1.25 bits per heavy atom. The van der Waals surface area contributed by atoms with E-state index < -0.39 is 0 Å². The molecule has 106 valence electrons. The van der Waals surface area contributed by atoms with Crippen LogP contribution in [0.2, 0.25) is 0 Å². The molecule has 0 amide bonds. The van der Waals surface area contributed by atoms with E-state index in [1.54, 1.807) is 6.33 Å². The molecule has 1 heterocycles. The molecule has 0 unspecified atom stereocenters. The van der Waals surface area contributed by atoms with Gasteiger partial charge in [-0.2, -0.15) is 4.98 Å². The zero-order valence-electron chi connectivity index (χ0n) is 12.2. The lowest BCUT2D eigenvalue weighted by Crippen LogP contribution is -2.25. The van der Waals surface area contributed by atoms with Gasteiger partial charge in [0, 0.05) is 6.54 Å². The maximum Gasteiger partial charge on any atom is 0.356 e. The van der Waals surface area contributed by atoms with E-state index in [-0.39, 0.29) is 5.69 Å². The largest absolute Gasteiger partial charge is 0.356 e. The molecule has 0 saturated carbocycles. The second-order valence-electron chi connectivity index (χ2n) is 4.85. The fourth-order valence-corrected chi connectivity index (χ4v) is 2.14. The molecule has 2 aromatic rings. The molecule has 1 N–H and O–H groups in total. The standard InChI is InChI=1S/C15H20N4O/c1-4-5-9-16-14-17-10-19(15(20)18-14)13-11(2)7-6-8-12(13)3/h6-8,10H,4-5,9H2,1-3H3,(H,16,18,20). The van der Waals surface area contributed by atoms with Crippen molar-refractivity contribution in [1.29, 1.82) is 0 Å². The first-order chi connectivity index (χ1) is 9.63. The smallest absolute Gasteiger partial charge is 0.354 e. The number of anilines is 1. The fourth-order valence-electron chi connectivity index (χ4n) is 2.14. The summed E-state index contributed by atoms with van der Waals surface area (Å²) < 4.78 is 1.50. The predicted molar refractivity (Wildman–Crippen MR) is 80.5 cm³/mol. The minimum atomic E-state index is -0.309. The number of para-hydroxylation sites is 1. The predicted octanol–water partition coefficient (Wildman–Crippen LogP) is 2.46. The molecule has 0 aliphatic heterocycles. The molecule has 0 atom stereocenters. The zero-order chi connectivity index (χ0) is 14.5. The Bertz CT molecular complexity index is 628. The van der Waals surface area contributed by atoms with Crippen LogP contribution in [0, 0.1) is 13.8 Å². The number of nitrogens with zero attached hydrogens (tertiary/aromatic N) is 3. The minimum Gasteiger partial charge on any atom is -0.354 e. The van der Waals surface area contributed by atoms with Crippen LogP contribution in [0.5, 0.6) is 0 Å². The summed E-state index contributed by atoms with van der Waals surface area (Å²) in [7, 11) is 0. The highest BCUT2D eigenvalue weighted by atomic mass is 16.1. The Hall–Kier alpha value is -2.17. The highest BCUT2D eigenvalue weighted by Crippen LogP contribution is 2.16. The second kappa shape index (κ2) is 6.32. The van der Waals surface area contributed by atoms with E-state index in [0.29, 0.717) is 5.95 Å². The van der Waals surface area contributed by atoms with Gasteiger partial charge in [0.25, 0.3) is 0 Å². The third kappa shape index (κ3) is 3.04. The number of aryl methyl sites for hydroxylation is 2. The molecular formula is C15H20N4O. The van der Waals surface area contributed by atoms with Crippen molar-refractivity contribution in [3.05, 3.63) is 46.1 Å². The fraction of sp³-hybridized carbons (Fsp3) is 0.400. The van der Waals surface area contributed by atoms with Crippen molar-refractivity contribution >= 4 is 5.95 Å². The van der Waals surface area contributed by atoms with Crippen LogP contribution in [0.1, 0.15) is 30.9 Å². The van der Waals surface area contributed by atoms with Gasteiger partial charge in [-0.15, -0.1) is 0 Å². The third-order valence-corrected chi connectivity index (χ3v) is 3.20. The highest BCUT2D eigenvalue weighted by molar-refractivity contribution is 5.46. The van der Waals surface area contributed by atoms with Gasteiger partial charge >= 0.3 is 5.69 Å². The van der Waals surface area contributed by atoms with Gasteiger partial charge in [0.05, 0.1) is 5.69 Å². The molecule has 0 aliphatic rings. The number of unbranched alkanes of at least 4 members (excludes halogenated alkanes) is 1. The number of rotatable bonds is 5. The first-order valence-electron chi connectivity index (χ1n) is 6.89. The van der Waals surface area contributed by atoms with Crippen LogP contribution in [0.4, 0.5) is 5.95 Å². The summed E-state index contributed by atoms with van der Waals surface area (Å²) in [5, 5.41) is 3.06. The van der Waals surface area contributed by atoms with Gasteiger partial charge in [-0.05, 0) is 31.4 Å². The zero-order valence-corrected chi connectivity index (χ0v) is 12.2. The van der Waals surface area contributed by atoms with Gasteiger partial charge in [-0.3, -0.25) is 4.57 Å². The minimum absolute atomic E-state index is 0.309. The molecule has 0 fully saturated rings. The van der Waals surface area contributed by atoms with Crippen molar-refractivity contribution in [1.82, 2.24) is 14.5 Å². The Morgan fingerprint density at radius 2 is 1.95 bits per heavy atom. The van der Waals surface area contributed by atoms with E-state index in [4.69, 9.17) is 0 Å². The summed E-state index contributed by atoms with van der Waals surface area (Å²) in [5.74, 6) is 0.394. The molecule has 0 saturated heterocycles. The van der Waals surface area contributed by atoms with E-state index >= 15 is 0 Å². The van der Waals surface area contributed by atoms with Gasteiger partial charge in [0.1, 0.15) is 6.33 Å². The second-order valence-corrected chi connectivity index (χ2v) is 4.85. The first kappa shape index (κ1) is 14.2. The third-order valence-electron chi connectivity index (χ3n) is 3.20. The molecule has 1 aromatic carbocycles. The molecule has 0 aliphatic carbocycles. The number of hydrogen-bond donors (Lipinski definition) is 1. The molecule has 20 heavy (non-hydrogen) atoms. The summed E-state index contributed by atoms with van der Waals surface area (Å²) in [5.41, 5.74) is 2.61. The molecule has 0 spiro atoms. The van der Waals surface area contributed by atoms with E-state index in [0.717, 1.165) is 36.2 Å². The van der Waals surface area contributed by atoms with Crippen LogP contribution in [-0.4, -0.2) is 21.1 Å². The van der Waals surface area contributed by atoms with E-state index in [9.17, 15) is 4.79 Å². The van der Waals surface area contributed by atoms with Crippen LogP contribution in [0.15, 0.2) is 29.3 Å². The quantitative estimate of drug-likeness (QED) is 0.849. The molecule has 1 aromatic heterocycles. The van der Waals surface area contributed by atoms with Gasteiger partial charge in [-0.1, -0.05) is 31.5 Å². The Kier molecular flexibility index (Phi) is 4.50. The molecular weight excluding hydrogens is 252 g/mol. The number of benzene rings is 1. The van der Waals surface area contributed by atoms with Crippen molar-refractivity contribution in [2.24, 2.45) is 0 Å². The lowest BCUT2D eigenvalue weighted by atomic mass is 10.1. The van der Waals surface area contributed by atoms with Crippen LogP contribution in [0.25, 0.3) is 5.69 Å². The van der Waals surface area contributed by atoms with Crippen molar-refractivity contribution in [2.75, 3.05) is 11.9 Å². The Labute approximate surface area is 118 Å². The average molecular weight is 272 g/mol. The van der Waals surface area contributed by atoms with Gasteiger partial charge < -0.3 is 5.32 Å². The van der Waals surface area contributed by atoms with Crippen LogP contribution >= 0.6 is 0 Å². The molecule has 2 rings (SSSR count). The number of aromatic nitrogens is 3. The number of hydrogen-bond acceptors (Lipinski definition) is 4. The highest BCUT2D eigenvalue weighted by Gasteiger charge is 2.08. The van der Waals surface area contributed by atoms with Crippen LogP contribution in [-0.2, 0) is 0 Å². The normalized spacial score (nSPS) is 10.6. The maximum absolute atomic E-state index is 12.1. The number of nitrogens with one attached hydrogen (secondary N) is 1. The van der Waals surface area contributed by atoms with Gasteiger partial charge in [0.2, 0.25) is 5.95 Å². The molecule has 0 radical (unpaired) electrons. The van der Waals surface area contributed by atoms with E-state index in [2.05, 4.69) is 22.2 Å². The van der Waals surface area contributed by atoms with Crippen molar-refractivity contribution in [3.63, 3.8) is 0 Å². The lowest BCUT2D eigenvalue weighted by Gasteiger charge is -2.11. The Balaban J connectivity index is 2.33.